The molecule has 106 valence electrons. The minimum Gasteiger partial charge on any atom is -0.454 e. The molecule has 3 rings (SSSR count). The molecule has 3 N–H and O–H groups in total. The predicted molar refractivity (Wildman–Crippen MR) is 79.3 cm³/mol. The minimum atomic E-state index is 0.300. The lowest BCUT2D eigenvalue weighted by atomic mass is 10.1. The third kappa shape index (κ3) is 2.92. The fourth-order valence-electron chi connectivity index (χ4n) is 2.04. The molecule has 0 spiro atoms. The number of thiazole rings is 1. The van der Waals surface area contributed by atoms with Crippen molar-refractivity contribution in [2.75, 3.05) is 26.4 Å². The van der Waals surface area contributed by atoms with E-state index in [1.54, 1.807) is 11.3 Å². The van der Waals surface area contributed by atoms with Crippen molar-refractivity contribution in [3.8, 4) is 22.8 Å². The average Bonchev–Trinajstić information content (AvgIpc) is 3.11. The van der Waals surface area contributed by atoms with Gasteiger partial charge in [-0.05, 0) is 18.2 Å². The summed E-state index contributed by atoms with van der Waals surface area (Å²) in [6, 6.07) is 5.92. The second-order valence-electron chi connectivity index (χ2n) is 4.48. The Morgan fingerprint density at radius 1 is 1.25 bits per heavy atom. The van der Waals surface area contributed by atoms with Crippen LogP contribution in [-0.4, -0.2) is 31.4 Å². The van der Waals surface area contributed by atoms with E-state index < -0.39 is 0 Å². The smallest absolute Gasteiger partial charge is 0.231 e. The van der Waals surface area contributed by atoms with Crippen LogP contribution >= 0.6 is 11.3 Å². The van der Waals surface area contributed by atoms with Crippen molar-refractivity contribution >= 4 is 11.3 Å². The van der Waals surface area contributed by atoms with E-state index in [-0.39, 0.29) is 0 Å². The molecule has 0 saturated carbocycles. The second kappa shape index (κ2) is 6.21. The molecule has 20 heavy (non-hydrogen) atoms. The Balaban J connectivity index is 1.67. The summed E-state index contributed by atoms with van der Waals surface area (Å²) in [7, 11) is 0. The Morgan fingerprint density at radius 3 is 3.05 bits per heavy atom. The molecule has 1 aromatic carbocycles. The normalized spacial score (nSPS) is 12.8. The largest absolute Gasteiger partial charge is 0.454 e. The first-order valence-electron chi connectivity index (χ1n) is 6.62. The zero-order chi connectivity index (χ0) is 13.8. The Labute approximate surface area is 121 Å². The number of nitrogens with two attached hydrogens (primary N) is 1. The first kappa shape index (κ1) is 13.4. The van der Waals surface area contributed by atoms with Crippen LogP contribution in [-0.2, 0) is 6.42 Å². The number of ether oxygens (including phenoxy) is 2. The summed E-state index contributed by atoms with van der Waals surface area (Å²) in [6.07, 6.45) is 0.926. The molecule has 1 aromatic heterocycles. The zero-order valence-electron chi connectivity index (χ0n) is 11.1. The summed E-state index contributed by atoms with van der Waals surface area (Å²) in [4.78, 5) is 4.65. The van der Waals surface area contributed by atoms with Crippen molar-refractivity contribution in [3.05, 3.63) is 28.6 Å². The number of fused-ring (bicyclic) bond motifs is 1. The molecule has 1 aliphatic rings. The summed E-state index contributed by atoms with van der Waals surface area (Å²) < 4.78 is 10.7. The van der Waals surface area contributed by atoms with Crippen molar-refractivity contribution in [1.82, 2.24) is 10.3 Å². The van der Waals surface area contributed by atoms with Crippen molar-refractivity contribution in [3.63, 3.8) is 0 Å². The number of rotatable bonds is 6. The van der Waals surface area contributed by atoms with Gasteiger partial charge in [0.1, 0.15) is 0 Å². The molecule has 0 bridgehead atoms. The van der Waals surface area contributed by atoms with Crippen LogP contribution in [0.25, 0.3) is 11.3 Å². The van der Waals surface area contributed by atoms with Crippen molar-refractivity contribution in [2.45, 2.75) is 6.42 Å². The van der Waals surface area contributed by atoms with Crippen LogP contribution in [0.4, 0.5) is 0 Å². The molecular formula is C14H17N3O2S. The standard InChI is InChI=1S/C14H17N3O2S/c15-4-6-16-5-3-14-17-11(8-20-14)10-1-2-12-13(7-10)19-9-18-12/h1-2,7-8,16H,3-6,9,15H2. The highest BCUT2D eigenvalue weighted by Gasteiger charge is 2.14. The highest BCUT2D eigenvalue weighted by Crippen LogP contribution is 2.36. The number of aromatic nitrogens is 1. The molecule has 0 unspecified atom stereocenters. The SMILES string of the molecule is NCCNCCc1nc(-c2ccc3c(c2)OCO3)cs1. The first-order valence-corrected chi connectivity index (χ1v) is 7.50. The van der Waals surface area contributed by atoms with E-state index in [0.717, 1.165) is 47.3 Å². The van der Waals surface area contributed by atoms with Gasteiger partial charge in [-0.3, -0.25) is 0 Å². The van der Waals surface area contributed by atoms with Crippen LogP contribution < -0.4 is 20.5 Å². The van der Waals surface area contributed by atoms with Gasteiger partial charge in [0, 0.05) is 37.0 Å². The number of hydrogen-bond acceptors (Lipinski definition) is 6. The minimum absolute atomic E-state index is 0.300. The quantitative estimate of drug-likeness (QED) is 0.792. The van der Waals surface area contributed by atoms with Crippen molar-refractivity contribution in [2.24, 2.45) is 5.73 Å². The van der Waals surface area contributed by atoms with E-state index in [0.29, 0.717) is 13.3 Å². The van der Waals surface area contributed by atoms with Gasteiger partial charge < -0.3 is 20.5 Å². The zero-order valence-corrected chi connectivity index (χ0v) is 11.9. The number of nitrogens with one attached hydrogen (secondary N) is 1. The maximum atomic E-state index is 5.44. The van der Waals surface area contributed by atoms with Gasteiger partial charge in [0.15, 0.2) is 11.5 Å². The fourth-order valence-corrected chi connectivity index (χ4v) is 2.84. The lowest BCUT2D eigenvalue weighted by Crippen LogP contribution is -2.24. The van der Waals surface area contributed by atoms with Crippen LogP contribution in [0, 0.1) is 0 Å². The van der Waals surface area contributed by atoms with Crippen LogP contribution in [0.2, 0.25) is 0 Å². The number of hydrogen-bond donors (Lipinski definition) is 2. The molecule has 6 heteroatoms. The van der Waals surface area contributed by atoms with Crippen molar-refractivity contribution < 1.29 is 9.47 Å². The summed E-state index contributed by atoms with van der Waals surface area (Å²) in [6.45, 7) is 2.72. The fraction of sp³-hybridized carbons (Fsp3) is 0.357. The summed E-state index contributed by atoms with van der Waals surface area (Å²) in [5.41, 5.74) is 7.48. The van der Waals surface area contributed by atoms with Gasteiger partial charge in [0.2, 0.25) is 6.79 Å². The monoisotopic (exact) mass is 291 g/mol. The Hall–Kier alpha value is -1.63. The van der Waals surface area contributed by atoms with Gasteiger partial charge in [-0.15, -0.1) is 11.3 Å². The molecule has 0 radical (unpaired) electrons. The van der Waals surface area contributed by atoms with Gasteiger partial charge in [-0.25, -0.2) is 4.98 Å². The molecule has 0 saturated heterocycles. The summed E-state index contributed by atoms with van der Waals surface area (Å²) in [5.74, 6) is 1.59. The summed E-state index contributed by atoms with van der Waals surface area (Å²) >= 11 is 1.68. The van der Waals surface area contributed by atoms with E-state index >= 15 is 0 Å². The van der Waals surface area contributed by atoms with E-state index in [2.05, 4.69) is 15.7 Å². The van der Waals surface area contributed by atoms with Crippen LogP contribution in [0.5, 0.6) is 11.5 Å². The molecule has 0 fully saturated rings. The van der Waals surface area contributed by atoms with E-state index in [1.165, 1.54) is 0 Å². The molecule has 1 aliphatic heterocycles. The molecule has 5 nitrogen and oxygen atoms in total. The second-order valence-corrected chi connectivity index (χ2v) is 5.43. The molecule has 0 atom stereocenters. The van der Waals surface area contributed by atoms with Gasteiger partial charge in [-0.1, -0.05) is 0 Å². The highest BCUT2D eigenvalue weighted by molar-refractivity contribution is 7.09. The lowest BCUT2D eigenvalue weighted by molar-refractivity contribution is 0.174. The number of nitrogens with zero attached hydrogens (tertiary/aromatic N) is 1. The summed E-state index contributed by atoms with van der Waals surface area (Å²) in [5, 5.41) is 6.48. The maximum absolute atomic E-state index is 5.44. The number of benzene rings is 1. The lowest BCUT2D eigenvalue weighted by Gasteiger charge is -2.00. The molecule has 2 heterocycles. The Kier molecular flexibility index (Phi) is 4.15. The van der Waals surface area contributed by atoms with Crippen LogP contribution in [0.3, 0.4) is 0 Å². The van der Waals surface area contributed by atoms with E-state index in [1.807, 2.05) is 18.2 Å². The highest BCUT2D eigenvalue weighted by atomic mass is 32.1. The molecular weight excluding hydrogens is 274 g/mol. The molecule has 0 aliphatic carbocycles. The van der Waals surface area contributed by atoms with E-state index in [4.69, 9.17) is 15.2 Å². The van der Waals surface area contributed by atoms with Crippen LogP contribution in [0.15, 0.2) is 23.6 Å². The Morgan fingerprint density at radius 2 is 2.15 bits per heavy atom. The molecule has 2 aromatic rings. The van der Waals surface area contributed by atoms with Gasteiger partial charge in [0.25, 0.3) is 0 Å². The maximum Gasteiger partial charge on any atom is 0.231 e. The Bertz CT molecular complexity index is 586. The average molecular weight is 291 g/mol. The predicted octanol–water partition coefficient (Wildman–Crippen LogP) is 1.63. The van der Waals surface area contributed by atoms with Gasteiger partial charge in [-0.2, -0.15) is 0 Å². The third-order valence-corrected chi connectivity index (χ3v) is 3.97. The van der Waals surface area contributed by atoms with Crippen LogP contribution in [0.1, 0.15) is 5.01 Å². The van der Waals surface area contributed by atoms with Gasteiger partial charge in [0.05, 0.1) is 10.7 Å². The van der Waals surface area contributed by atoms with Gasteiger partial charge >= 0.3 is 0 Å². The topological polar surface area (TPSA) is 69.4 Å². The first-order chi connectivity index (χ1) is 9.86. The van der Waals surface area contributed by atoms with E-state index in [9.17, 15) is 0 Å². The van der Waals surface area contributed by atoms with Crippen molar-refractivity contribution in [1.29, 1.82) is 0 Å². The molecule has 0 amide bonds. The third-order valence-electron chi connectivity index (χ3n) is 3.06.